The van der Waals surface area contributed by atoms with Crippen molar-refractivity contribution in [1.82, 2.24) is 14.8 Å². The molecule has 2 heterocycles. The van der Waals surface area contributed by atoms with Crippen molar-refractivity contribution < 1.29 is 9.53 Å². The second-order valence-corrected chi connectivity index (χ2v) is 8.09. The molecule has 3 N–H and O–H groups in total. The highest BCUT2D eigenvalue weighted by molar-refractivity contribution is 7.99. The van der Waals surface area contributed by atoms with Gasteiger partial charge in [0, 0.05) is 10.9 Å². The van der Waals surface area contributed by atoms with Crippen LogP contribution in [0.5, 0.6) is 5.75 Å². The maximum Gasteiger partial charge on any atom is 0.248 e. The number of carbonyl (C=O) groups is 1. The van der Waals surface area contributed by atoms with E-state index in [4.69, 9.17) is 15.7 Å². The molecule has 1 atom stereocenters. The van der Waals surface area contributed by atoms with E-state index in [0.29, 0.717) is 27.9 Å². The molecule has 0 radical (unpaired) electrons. The Kier molecular flexibility index (Phi) is 7.13. The van der Waals surface area contributed by atoms with Gasteiger partial charge < -0.3 is 15.8 Å². The number of nitrogens with one attached hydrogen (secondary N) is 1. The van der Waals surface area contributed by atoms with Gasteiger partial charge in [0.15, 0.2) is 5.16 Å². The first kappa shape index (κ1) is 22.2. The van der Waals surface area contributed by atoms with Crippen LogP contribution in [0, 0.1) is 22.7 Å². The molecule has 0 aliphatic carbocycles. The van der Waals surface area contributed by atoms with E-state index < -0.39 is 6.04 Å². The van der Waals surface area contributed by atoms with E-state index in [1.54, 1.807) is 7.11 Å². The molecule has 0 saturated heterocycles. The van der Waals surface area contributed by atoms with E-state index in [9.17, 15) is 10.1 Å². The van der Waals surface area contributed by atoms with Crippen molar-refractivity contribution >= 4 is 40.0 Å². The third-order valence-corrected chi connectivity index (χ3v) is 6.20. The van der Waals surface area contributed by atoms with Crippen LogP contribution in [0.15, 0.2) is 34.8 Å². The van der Waals surface area contributed by atoms with Crippen molar-refractivity contribution in [2.24, 2.45) is 0 Å². The fourth-order valence-corrected chi connectivity index (χ4v) is 4.58. The summed E-state index contributed by atoms with van der Waals surface area (Å²) in [6.45, 7) is 1.84. The third-order valence-electron chi connectivity index (χ3n) is 4.50. The summed E-state index contributed by atoms with van der Waals surface area (Å²) < 4.78 is 6.69. The molecule has 3 rings (SSSR count). The zero-order chi connectivity index (χ0) is 22.4. The van der Waals surface area contributed by atoms with Crippen molar-refractivity contribution in [3.8, 4) is 29.0 Å². The van der Waals surface area contributed by atoms with E-state index in [-0.39, 0.29) is 17.6 Å². The second kappa shape index (κ2) is 9.98. The van der Waals surface area contributed by atoms with Gasteiger partial charge in [0.05, 0.1) is 24.5 Å². The Morgan fingerprint density at radius 1 is 1.35 bits per heavy atom. The maximum atomic E-state index is 13.1. The Morgan fingerprint density at radius 2 is 2.10 bits per heavy atom. The van der Waals surface area contributed by atoms with Gasteiger partial charge in [-0.05, 0) is 24.1 Å². The minimum atomic E-state index is -0.686. The van der Waals surface area contributed by atoms with Crippen molar-refractivity contribution in [2.45, 2.75) is 24.5 Å². The zero-order valence-electron chi connectivity index (χ0n) is 16.8. The summed E-state index contributed by atoms with van der Waals surface area (Å²) in [5, 5.41) is 31.9. The van der Waals surface area contributed by atoms with E-state index in [2.05, 4.69) is 21.6 Å². The SMILES string of the molecule is CCC(C(=O)Nc1scc(-c2ccc(OC)cc2)c1C#N)n1c(N)nnc1SCC#N. The molecule has 0 spiro atoms. The fraction of sp³-hybridized carbons (Fsp3) is 0.250. The number of aromatic nitrogens is 3. The summed E-state index contributed by atoms with van der Waals surface area (Å²) >= 11 is 2.43. The number of hydrogen-bond acceptors (Lipinski definition) is 9. The van der Waals surface area contributed by atoms with Crippen LogP contribution >= 0.6 is 23.1 Å². The average Bonchev–Trinajstić information content (AvgIpc) is 3.36. The fourth-order valence-electron chi connectivity index (χ4n) is 3.00. The number of nitrogen functional groups attached to an aromatic ring is 1. The maximum absolute atomic E-state index is 13.1. The summed E-state index contributed by atoms with van der Waals surface area (Å²) in [5.74, 6) is 0.624. The molecule has 11 heteroatoms. The minimum absolute atomic E-state index is 0.0908. The Hall–Kier alpha value is -3.54. The monoisotopic (exact) mass is 453 g/mol. The number of hydrogen-bond donors (Lipinski definition) is 2. The molecule has 1 aromatic carbocycles. The lowest BCUT2D eigenvalue weighted by Gasteiger charge is -2.18. The van der Waals surface area contributed by atoms with Crippen LogP contribution in [0.4, 0.5) is 10.9 Å². The number of rotatable bonds is 8. The normalized spacial score (nSPS) is 11.4. The van der Waals surface area contributed by atoms with Gasteiger partial charge in [-0.2, -0.15) is 10.5 Å². The average molecular weight is 454 g/mol. The van der Waals surface area contributed by atoms with Crippen LogP contribution < -0.4 is 15.8 Å². The van der Waals surface area contributed by atoms with Gasteiger partial charge in [-0.1, -0.05) is 30.8 Å². The number of thiophene rings is 1. The van der Waals surface area contributed by atoms with Gasteiger partial charge in [0.2, 0.25) is 11.9 Å². The first-order chi connectivity index (χ1) is 15.0. The van der Waals surface area contributed by atoms with E-state index >= 15 is 0 Å². The molecule has 0 bridgehead atoms. The van der Waals surface area contributed by atoms with Crippen molar-refractivity contribution in [2.75, 3.05) is 23.9 Å². The molecule has 0 aliphatic rings. The number of thioether (sulfide) groups is 1. The van der Waals surface area contributed by atoms with E-state index in [0.717, 1.165) is 22.9 Å². The molecule has 31 heavy (non-hydrogen) atoms. The molecule has 1 unspecified atom stereocenters. The molecule has 2 aromatic heterocycles. The zero-order valence-corrected chi connectivity index (χ0v) is 18.5. The van der Waals surface area contributed by atoms with Crippen molar-refractivity contribution in [3.63, 3.8) is 0 Å². The smallest absolute Gasteiger partial charge is 0.248 e. The largest absolute Gasteiger partial charge is 0.497 e. The predicted octanol–water partition coefficient (Wildman–Crippen LogP) is 3.67. The number of carbonyl (C=O) groups excluding carboxylic acids is 1. The highest BCUT2D eigenvalue weighted by atomic mass is 32.2. The van der Waals surface area contributed by atoms with E-state index in [1.807, 2.05) is 42.6 Å². The first-order valence-electron chi connectivity index (χ1n) is 9.21. The minimum Gasteiger partial charge on any atom is -0.497 e. The Balaban J connectivity index is 1.88. The number of anilines is 2. The highest BCUT2D eigenvalue weighted by Crippen LogP contribution is 2.36. The van der Waals surface area contributed by atoms with Crippen LogP contribution in [-0.4, -0.2) is 33.5 Å². The van der Waals surface area contributed by atoms with Gasteiger partial charge in [0.25, 0.3) is 0 Å². The van der Waals surface area contributed by atoms with Gasteiger partial charge in [-0.3, -0.25) is 9.36 Å². The number of nitriles is 2. The number of ether oxygens (including phenoxy) is 1. The van der Waals surface area contributed by atoms with Crippen LogP contribution in [-0.2, 0) is 4.79 Å². The standard InChI is InChI=1S/C20H19N7O2S2/c1-3-16(27-19(23)25-26-20(27)30-9-8-21)17(28)24-18-14(10-22)15(11-31-18)12-4-6-13(29-2)7-5-12/h4-7,11,16H,3,9H2,1-2H3,(H2,23,25)(H,24,28). The molecule has 0 fully saturated rings. The quantitative estimate of drug-likeness (QED) is 0.492. The Morgan fingerprint density at radius 3 is 2.71 bits per heavy atom. The second-order valence-electron chi connectivity index (χ2n) is 6.26. The Labute approximate surface area is 187 Å². The van der Waals surface area contributed by atoms with E-state index in [1.165, 1.54) is 15.9 Å². The van der Waals surface area contributed by atoms with Crippen molar-refractivity contribution in [3.05, 3.63) is 35.2 Å². The number of nitrogens with two attached hydrogens (primary N) is 1. The van der Waals surface area contributed by atoms with Crippen LogP contribution in [0.1, 0.15) is 24.9 Å². The molecule has 3 aromatic rings. The summed E-state index contributed by atoms with van der Waals surface area (Å²) in [6, 6.07) is 10.9. The molecule has 0 saturated carbocycles. The molecule has 0 aliphatic heterocycles. The summed E-state index contributed by atoms with van der Waals surface area (Å²) in [7, 11) is 1.59. The van der Waals surface area contributed by atoms with Crippen LogP contribution in [0.3, 0.4) is 0 Å². The number of benzene rings is 1. The topological polar surface area (TPSA) is 143 Å². The molecular formula is C20H19N7O2S2. The molecule has 158 valence electrons. The molecular weight excluding hydrogens is 434 g/mol. The van der Waals surface area contributed by atoms with Crippen LogP contribution in [0.2, 0.25) is 0 Å². The lowest BCUT2D eigenvalue weighted by atomic mass is 10.0. The first-order valence-corrected chi connectivity index (χ1v) is 11.1. The highest BCUT2D eigenvalue weighted by Gasteiger charge is 2.26. The number of amides is 1. The predicted molar refractivity (Wildman–Crippen MR) is 120 cm³/mol. The van der Waals surface area contributed by atoms with Gasteiger partial charge >= 0.3 is 0 Å². The number of nitrogens with zero attached hydrogens (tertiary/aromatic N) is 5. The van der Waals surface area contributed by atoms with Gasteiger partial charge in [-0.25, -0.2) is 0 Å². The Bertz CT molecular complexity index is 1160. The molecule has 9 nitrogen and oxygen atoms in total. The third kappa shape index (κ3) is 4.63. The van der Waals surface area contributed by atoms with Crippen LogP contribution in [0.25, 0.3) is 11.1 Å². The lowest BCUT2D eigenvalue weighted by Crippen LogP contribution is -2.27. The summed E-state index contributed by atoms with van der Waals surface area (Å²) in [6.07, 6.45) is 0.423. The van der Waals surface area contributed by atoms with Gasteiger partial charge in [0.1, 0.15) is 22.9 Å². The summed E-state index contributed by atoms with van der Waals surface area (Å²) in [4.78, 5) is 13.1. The van der Waals surface area contributed by atoms with Crippen molar-refractivity contribution in [1.29, 1.82) is 10.5 Å². The number of methoxy groups -OCH3 is 1. The molecule has 1 amide bonds. The van der Waals surface area contributed by atoms with Gasteiger partial charge in [-0.15, -0.1) is 21.5 Å². The lowest BCUT2D eigenvalue weighted by molar-refractivity contribution is -0.119. The summed E-state index contributed by atoms with van der Waals surface area (Å²) in [5.41, 5.74) is 7.89.